The molecule has 0 unspecified atom stereocenters. The van der Waals surface area contributed by atoms with Crippen LogP contribution in [0.5, 0.6) is 0 Å². The second kappa shape index (κ2) is 3.06. The number of hydrogen-bond acceptors (Lipinski definition) is 2. The van der Waals surface area contributed by atoms with Crippen molar-refractivity contribution in [1.29, 1.82) is 0 Å². The standard InChI is InChI=1S/C10H5BrINO/c11-6-2-1-5-3-8-9(7(5)4-6)13-10(12)14-8/h1-2,4H,3H2. The van der Waals surface area contributed by atoms with Crippen LogP contribution in [0, 0.1) is 3.90 Å². The Morgan fingerprint density at radius 1 is 1.43 bits per heavy atom. The van der Waals surface area contributed by atoms with Gasteiger partial charge in [-0.1, -0.05) is 22.0 Å². The van der Waals surface area contributed by atoms with Gasteiger partial charge in [-0.3, -0.25) is 0 Å². The van der Waals surface area contributed by atoms with E-state index in [2.05, 4.69) is 61.7 Å². The van der Waals surface area contributed by atoms with Gasteiger partial charge in [0.15, 0.2) is 0 Å². The van der Waals surface area contributed by atoms with E-state index in [1.54, 1.807) is 0 Å². The highest BCUT2D eigenvalue weighted by Gasteiger charge is 2.24. The van der Waals surface area contributed by atoms with Gasteiger partial charge >= 0.3 is 0 Å². The first-order chi connectivity index (χ1) is 6.74. The van der Waals surface area contributed by atoms with Crippen LogP contribution in [-0.2, 0) is 6.42 Å². The number of rotatable bonds is 0. The molecule has 1 aliphatic rings. The van der Waals surface area contributed by atoms with Crippen molar-refractivity contribution < 1.29 is 4.42 Å². The van der Waals surface area contributed by atoms with Gasteiger partial charge in [0.2, 0.25) is 0 Å². The van der Waals surface area contributed by atoms with E-state index < -0.39 is 0 Å². The SMILES string of the molecule is Brc1ccc2c(c1)-c1nc(I)oc1C2. The summed E-state index contributed by atoms with van der Waals surface area (Å²) in [6.07, 6.45) is 0.869. The number of aromatic nitrogens is 1. The molecule has 0 radical (unpaired) electrons. The van der Waals surface area contributed by atoms with Crippen molar-refractivity contribution in [3.63, 3.8) is 0 Å². The third kappa shape index (κ3) is 1.24. The molecule has 3 rings (SSSR count). The fraction of sp³-hybridized carbons (Fsp3) is 0.100. The highest BCUT2D eigenvalue weighted by atomic mass is 127. The van der Waals surface area contributed by atoms with Gasteiger partial charge < -0.3 is 4.42 Å². The molecule has 70 valence electrons. The summed E-state index contributed by atoms with van der Waals surface area (Å²) in [6, 6.07) is 6.26. The molecule has 1 aromatic carbocycles. The van der Waals surface area contributed by atoms with Gasteiger partial charge in [0, 0.05) is 39.0 Å². The summed E-state index contributed by atoms with van der Waals surface area (Å²) in [5.41, 5.74) is 3.50. The Bertz CT molecular complexity index is 521. The minimum atomic E-state index is 0.721. The molecule has 0 spiro atoms. The molecule has 0 atom stereocenters. The normalized spacial score (nSPS) is 12.7. The summed E-state index contributed by atoms with van der Waals surface area (Å²) >= 11 is 5.56. The highest BCUT2D eigenvalue weighted by Crippen LogP contribution is 2.37. The first-order valence-electron chi connectivity index (χ1n) is 4.18. The van der Waals surface area contributed by atoms with Gasteiger partial charge in [-0.2, -0.15) is 0 Å². The average molecular weight is 362 g/mol. The van der Waals surface area contributed by atoms with Crippen molar-refractivity contribution in [1.82, 2.24) is 4.98 Å². The van der Waals surface area contributed by atoms with Crippen LogP contribution in [-0.4, -0.2) is 4.98 Å². The average Bonchev–Trinajstić information content (AvgIpc) is 2.62. The van der Waals surface area contributed by atoms with Crippen molar-refractivity contribution in [2.75, 3.05) is 0 Å². The molecule has 0 amide bonds. The summed E-state index contributed by atoms with van der Waals surface area (Å²) < 4.78 is 7.31. The van der Waals surface area contributed by atoms with Crippen LogP contribution < -0.4 is 0 Å². The fourth-order valence-corrected chi connectivity index (χ4v) is 2.62. The van der Waals surface area contributed by atoms with Crippen LogP contribution in [0.4, 0.5) is 0 Å². The summed E-state index contributed by atoms with van der Waals surface area (Å²) in [5, 5.41) is 0. The topological polar surface area (TPSA) is 26.0 Å². The molecular weight excluding hydrogens is 357 g/mol. The maximum absolute atomic E-state index is 5.51. The van der Waals surface area contributed by atoms with E-state index in [1.807, 2.05) is 0 Å². The number of nitrogens with zero attached hydrogens (tertiary/aromatic N) is 1. The maximum Gasteiger partial charge on any atom is 0.257 e. The Balaban J connectivity index is 2.28. The van der Waals surface area contributed by atoms with Gasteiger partial charge in [0.25, 0.3) is 3.90 Å². The molecule has 0 saturated heterocycles. The van der Waals surface area contributed by atoms with Gasteiger partial charge in [0.05, 0.1) is 0 Å². The van der Waals surface area contributed by atoms with Crippen LogP contribution in [0.25, 0.3) is 11.3 Å². The number of hydrogen-bond donors (Lipinski definition) is 0. The molecule has 4 heteroatoms. The lowest BCUT2D eigenvalue weighted by Gasteiger charge is -1.98. The van der Waals surface area contributed by atoms with Gasteiger partial charge in [-0.25, -0.2) is 4.98 Å². The molecular formula is C10H5BrINO. The Labute approximate surface area is 103 Å². The van der Waals surface area contributed by atoms with E-state index in [4.69, 9.17) is 4.42 Å². The lowest BCUT2D eigenvalue weighted by atomic mass is 10.1. The minimum absolute atomic E-state index is 0.721. The molecule has 2 nitrogen and oxygen atoms in total. The van der Waals surface area contributed by atoms with Crippen LogP contribution in [0.1, 0.15) is 11.3 Å². The van der Waals surface area contributed by atoms with Crippen molar-refractivity contribution in [2.24, 2.45) is 0 Å². The summed E-state index contributed by atoms with van der Waals surface area (Å²) in [6.45, 7) is 0. The van der Waals surface area contributed by atoms with E-state index >= 15 is 0 Å². The molecule has 0 aliphatic heterocycles. The quantitative estimate of drug-likeness (QED) is 0.572. The second-order valence-corrected chi connectivity index (χ2v) is 5.06. The third-order valence-corrected chi connectivity index (χ3v) is 3.30. The molecule has 2 aromatic rings. The summed E-state index contributed by atoms with van der Waals surface area (Å²) in [5.74, 6) is 0.988. The van der Waals surface area contributed by atoms with Crippen molar-refractivity contribution in [2.45, 2.75) is 6.42 Å². The third-order valence-electron chi connectivity index (χ3n) is 2.35. The summed E-state index contributed by atoms with van der Waals surface area (Å²) in [4.78, 5) is 4.37. The van der Waals surface area contributed by atoms with E-state index in [9.17, 15) is 0 Å². The molecule has 14 heavy (non-hydrogen) atoms. The van der Waals surface area contributed by atoms with Gasteiger partial charge in [0.1, 0.15) is 11.5 Å². The molecule has 1 heterocycles. The Kier molecular flexibility index (Phi) is 1.95. The number of oxazole rings is 1. The Hall–Kier alpha value is -0.360. The highest BCUT2D eigenvalue weighted by molar-refractivity contribution is 14.1. The molecule has 0 N–H and O–H groups in total. The van der Waals surface area contributed by atoms with Crippen molar-refractivity contribution >= 4 is 38.5 Å². The zero-order valence-electron chi connectivity index (χ0n) is 7.05. The zero-order chi connectivity index (χ0) is 9.71. The predicted octanol–water partition coefficient (Wildman–Crippen LogP) is 3.61. The largest absolute Gasteiger partial charge is 0.436 e. The van der Waals surface area contributed by atoms with Gasteiger partial charge in [-0.15, -0.1) is 0 Å². The van der Waals surface area contributed by atoms with E-state index in [0.717, 1.165) is 26.2 Å². The lowest BCUT2D eigenvalue weighted by molar-refractivity contribution is 0.488. The summed E-state index contributed by atoms with van der Waals surface area (Å²) in [7, 11) is 0. The van der Waals surface area contributed by atoms with Crippen LogP contribution >= 0.6 is 38.5 Å². The molecule has 1 aliphatic carbocycles. The lowest BCUT2D eigenvalue weighted by Crippen LogP contribution is -1.81. The van der Waals surface area contributed by atoms with Crippen molar-refractivity contribution in [3.8, 4) is 11.3 Å². The first kappa shape index (κ1) is 8.91. The van der Waals surface area contributed by atoms with E-state index in [1.165, 1.54) is 11.1 Å². The second-order valence-electron chi connectivity index (χ2n) is 3.22. The zero-order valence-corrected chi connectivity index (χ0v) is 10.8. The molecule has 0 fully saturated rings. The van der Waals surface area contributed by atoms with Crippen LogP contribution in [0.3, 0.4) is 0 Å². The monoisotopic (exact) mass is 361 g/mol. The van der Waals surface area contributed by atoms with Crippen LogP contribution in [0.2, 0.25) is 0 Å². The minimum Gasteiger partial charge on any atom is -0.436 e. The van der Waals surface area contributed by atoms with Gasteiger partial charge in [-0.05, 0) is 17.7 Å². The fourth-order valence-electron chi connectivity index (χ4n) is 1.75. The Morgan fingerprint density at radius 3 is 3.14 bits per heavy atom. The van der Waals surface area contributed by atoms with Crippen LogP contribution in [0.15, 0.2) is 27.1 Å². The number of fused-ring (bicyclic) bond motifs is 3. The molecule has 1 aromatic heterocycles. The molecule has 0 saturated carbocycles. The number of benzene rings is 1. The van der Waals surface area contributed by atoms with E-state index in [0.29, 0.717) is 0 Å². The molecule has 0 bridgehead atoms. The first-order valence-corrected chi connectivity index (χ1v) is 6.05. The predicted molar refractivity (Wildman–Crippen MR) is 65.2 cm³/mol. The Morgan fingerprint density at radius 2 is 2.29 bits per heavy atom. The number of halogens is 2. The van der Waals surface area contributed by atoms with Crippen molar-refractivity contribution in [3.05, 3.63) is 37.9 Å². The smallest absolute Gasteiger partial charge is 0.257 e. The maximum atomic E-state index is 5.51. The van der Waals surface area contributed by atoms with E-state index in [-0.39, 0.29) is 0 Å².